The zero-order chi connectivity index (χ0) is 38.1. The minimum absolute atomic E-state index is 0.949. The molecule has 10 aromatic rings. The third kappa shape index (κ3) is 6.50. The van der Waals surface area contributed by atoms with Crippen molar-refractivity contribution in [2.24, 2.45) is 0 Å². The lowest BCUT2D eigenvalue weighted by Crippen LogP contribution is -1.92. The van der Waals surface area contributed by atoms with Crippen LogP contribution in [0.15, 0.2) is 212 Å². The molecule has 0 aliphatic rings. The maximum Gasteiger partial charge on any atom is 0.0716 e. The Bertz CT molecular complexity index is 3150. The molecular formula is C56H39N. The van der Waals surface area contributed by atoms with Gasteiger partial charge in [-0.2, -0.15) is 0 Å². The number of benzene rings is 9. The van der Waals surface area contributed by atoms with E-state index >= 15 is 0 Å². The summed E-state index contributed by atoms with van der Waals surface area (Å²) in [5, 5.41) is 8.95. The topological polar surface area (TPSA) is 12.9 Å². The maximum atomic E-state index is 5.31. The van der Waals surface area contributed by atoms with E-state index in [0.29, 0.717) is 0 Å². The monoisotopic (exact) mass is 725 g/mol. The van der Waals surface area contributed by atoms with Crippen LogP contribution >= 0.6 is 0 Å². The number of pyridine rings is 1. The lowest BCUT2D eigenvalue weighted by molar-refractivity contribution is 1.39. The van der Waals surface area contributed by atoms with Crippen molar-refractivity contribution in [3.05, 3.63) is 223 Å². The number of rotatable bonds is 8. The highest BCUT2D eigenvalue weighted by Crippen LogP contribution is 2.41. The molecule has 1 heteroatoms. The van der Waals surface area contributed by atoms with Crippen LogP contribution in [0.3, 0.4) is 0 Å². The fourth-order valence-corrected chi connectivity index (χ4v) is 8.32. The molecule has 0 aliphatic carbocycles. The summed E-state index contributed by atoms with van der Waals surface area (Å²) < 4.78 is 0. The van der Waals surface area contributed by atoms with E-state index < -0.39 is 0 Å². The highest BCUT2D eigenvalue weighted by atomic mass is 14.7. The van der Waals surface area contributed by atoms with Crippen LogP contribution in [0.4, 0.5) is 0 Å². The Morgan fingerprint density at radius 1 is 0.456 bits per heavy atom. The maximum absolute atomic E-state index is 5.31. The van der Waals surface area contributed by atoms with Crippen molar-refractivity contribution in [3.63, 3.8) is 0 Å². The van der Waals surface area contributed by atoms with Gasteiger partial charge in [0.25, 0.3) is 0 Å². The van der Waals surface area contributed by atoms with Crippen molar-refractivity contribution in [1.82, 2.24) is 4.98 Å². The predicted molar refractivity (Wildman–Crippen MR) is 245 cm³/mol. The predicted octanol–water partition coefficient (Wildman–Crippen LogP) is 15.5. The van der Waals surface area contributed by atoms with E-state index in [0.717, 1.165) is 33.3 Å². The quantitative estimate of drug-likeness (QED) is 0.112. The Morgan fingerprint density at radius 2 is 1.12 bits per heavy atom. The van der Waals surface area contributed by atoms with Gasteiger partial charge in [-0.05, 0) is 120 Å². The molecule has 0 aliphatic heterocycles. The van der Waals surface area contributed by atoms with E-state index in [1.807, 2.05) is 13.0 Å². The van der Waals surface area contributed by atoms with E-state index in [-0.39, 0.29) is 0 Å². The van der Waals surface area contributed by atoms with Gasteiger partial charge >= 0.3 is 0 Å². The molecule has 0 saturated carbocycles. The molecule has 9 aromatic carbocycles. The van der Waals surface area contributed by atoms with E-state index in [1.54, 1.807) is 0 Å². The molecule has 0 saturated heterocycles. The SMILES string of the molecule is C\C=C/C=C(\C=C\c1ccccc1)c1cccc(-c2cc(-c3ccccc3)c3cc(-c4cccc(-c5ccc6ccc7cccc8ccc5c6c78)c4)ccc3n2)c1. The van der Waals surface area contributed by atoms with Crippen molar-refractivity contribution in [2.75, 3.05) is 0 Å². The first-order valence-electron chi connectivity index (χ1n) is 19.6. The van der Waals surface area contributed by atoms with Gasteiger partial charge in [-0.3, -0.25) is 0 Å². The van der Waals surface area contributed by atoms with Gasteiger partial charge in [0.15, 0.2) is 0 Å². The standard InChI is InChI=1S/C56H39N/c1-2-3-15-39(25-24-38-13-6-4-7-14-38)44-20-12-23-48(35-44)54-37-51(40-16-8-5-9-17-40)52-36-46(30-33-53(52)57-54)45-21-11-22-47(34-45)49-31-28-43-27-26-41-18-10-19-42-29-32-50(49)56(43)55(41)42/h2-37H,1H3/b3-2-,25-24+,39-15+. The Balaban J connectivity index is 1.06. The molecule has 1 heterocycles. The molecule has 1 aromatic heterocycles. The Labute approximate surface area is 333 Å². The minimum atomic E-state index is 0.949. The van der Waals surface area contributed by atoms with Gasteiger partial charge in [0, 0.05) is 10.9 Å². The first kappa shape index (κ1) is 34.2. The molecule has 0 radical (unpaired) electrons. The van der Waals surface area contributed by atoms with Crippen LogP contribution in [-0.4, -0.2) is 4.98 Å². The average Bonchev–Trinajstić information content (AvgIpc) is 3.28. The molecule has 0 amide bonds. The fourth-order valence-electron chi connectivity index (χ4n) is 8.32. The Hall–Kier alpha value is -7.35. The van der Waals surface area contributed by atoms with Crippen molar-refractivity contribution in [2.45, 2.75) is 6.92 Å². The number of hydrogen-bond acceptors (Lipinski definition) is 1. The van der Waals surface area contributed by atoms with Crippen LogP contribution < -0.4 is 0 Å². The average molecular weight is 726 g/mol. The van der Waals surface area contributed by atoms with Crippen LogP contribution in [0.1, 0.15) is 18.1 Å². The summed E-state index contributed by atoms with van der Waals surface area (Å²) in [6, 6.07) is 68.1. The third-order valence-electron chi connectivity index (χ3n) is 11.1. The largest absolute Gasteiger partial charge is 0.248 e. The molecule has 10 rings (SSSR count). The molecule has 0 spiro atoms. The van der Waals surface area contributed by atoms with Gasteiger partial charge in [-0.25, -0.2) is 4.98 Å². The van der Waals surface area contributed by atoms with Gasteiger partial charge in [0.1, 0.15) is 0 Å². The summed E-state index contributed by atoms with van der Waals surface area (Å²) in [6.07, 6.45) is 10.7. The fraction of sp³-hybridized carbons (Fsp3) is 0.0179. The summed E-state index contributed by atoms with van der Waals surface area (Å²) in [4.78, 5) is 5.31. The number of allylic oxidation sites excluding steroid dienone is 5. The number of hydrogen-bond donors (Lipinski definition) is 0. The molecule has 0 N–H and O–H groups in total. The second-order valence-corrected chi connectivity index (χ2v) is 14.7. The smallest absolute Gasteiger partial charge is 0.0716 e. The van der Waals surface area contributed by atoms with Crippen molar-refractivity contribution >= 4 is 54.9 Å². The van der Waals surface area contributed by atoms with Crippen LogP contribution in [0.2, 0.25) is 0 Å². The second kappa shape index (κ2) is 14.7. The first-order valence-corrected chi connectivity index (χ1v) is 19.6. The lowest BCUT2D eigenvalue weighted by atomic mass is 9.89. The van der Waals surface area contributed by atoms with E-state index in [1.165, 1.54) is 71.3 Å². The normalized spacial score (nSPS) is 12.3. The van der Waals surface area contributed by atoms with Gasteiger partial charge in [-0.1, -0.05) is 188 Å². The number of fused-ring (bicyclic) bond motifs is 1. The summed E-state index contributed by atoms with van der Waals surface area (Å²) in [5.41, 5.74) is 13.6. The molecule has 268 valence electrons. The summed E-state index contributed by atoms with van der Waals surface area (Å²) in [7, 11) is 0. The zero-order valence-corrected chi connectivity index (χ0v) is 31.7. The molecule has 0 fully saturated rings. The molecule has 0 bridgehead atoms. The van der Waals surface area contributed by atoms with Crippen LogP contribution in [0.25, 0.3) is 99.5 Å². The van der Waals surface area contributed by atoms with Crippen molar-refractivity contribution < 1.29 is 0 Å². The zero-order valence-electron chi connectivity index (χ0n) is 31.7. The van der Waals surface area contributed by atoms with Crippen LogP contribution in [0.5, 0.6) is 0 Å². The van der Waals surface area contributed by atoms with Crippen LogP contribution in [0, 0.1) is 0 Å². The minimum Gasteiger partial charge on any atom is -0.248 e. The van der Waals surface area contributed by atoms with Gasteiger partial charge in [0.2, 0.25) is 0 Å². The van der Waals surface area contributed by atoms with E-state index in [2.05, 4.69) is 212 Å². The third-order valence-corrected chi connectivity index (χ3v) is 11.1. The number of nitrogens with zero attached hydrogens (tertiary/aromatic N) is 1. The summed E-state index contributed by atoms with van der Waals surface area (Å²) in [6.45, 7) is 2.05. The Morgan fingerprint density at radius 3 is 1.95 bits per heavy atom. The highest BCUT2D eigenvalue weighted by Gasteiger charge is 2.15. The van der Waals surface area contributed by atoms with Gasteiger partial charge < -0.3 is 0 Å². The van der Waals surface area contributed by atoms with E-state index in [9.17, 15) is 0 Å². The Kier molecular flexibility index (Phi) is 8.82. The van der Waals surface area contributed by atoms with Crippen molar-refractivity contribution in [3.8, 4) is 44.6 Å². The molecule has 1 nitrogen and oxygen atoms in total. The van der Waals surface area contributed by atoms with Gasteiger partial charge in [-0.15, -0.1) is 0 Å². The summed E-state index contributed by atoms with van der Waals surface area (Å²) >= 11 is 0. The van der Waals surface area contributed by atoms with Gasteiger partial charge in [0.05, 0.1) is 11.2 Å². The second-order valence-electron chi connectivity index (χ2n) is 14.7. The highest BCUT2D eigenvalue weighted by molar-refractivity contribution is 6.25. The summed E-state index contributed by atoms with van der Waals surface area (Å²) in [5.74, 6) is 0. The van der Waals surface area contributed by atoms with E-state index in [4.69, 9.17) is 4.98 Å². The first-order chi connectivity index (χ1) is 28.2. The molecule has 0 atom stereocenters. The molecule has 57 heavy (non-hydrogen) atoms. The van der Waals surface area contributed by atoms with Crippen molar-refractivity contribution in [1.29, 1.82) is 0 Å². The van der Waals surface area contributed by atoms with Crippen LogP contribution in [-0.2, 0) is 0 Å². The molecular weight excluding hydrogens is 687 g/mol. The molecule has 0 unspecified atom stereocenters. The number of aromatic nitrogens is 1. The lowest BCUT2D eigenvalue weighted by Gasteiger charge is -2.15.